The summed E-state index contributed by atoms with van der Waals surface area (Å²) in [5, 5.41) is 0. The molecular weight excluding hydrogens is 235 g/mol. The minimum absolute atomic E-state index is 0.586. The van der Waals surface area contributed by atoms with Crippen molar-refractivity contribution in [3.05, 3.63) is 35.4 Å². The Labute approximate surface area is 71.9 Å². The van der Waals surface area contributed by atoms with Gasteiger partial charge in [0.05, 0.1) is 0 Å². The van der Waals surface area contributed by atoms with E-state index in [0.29, 0.717) is 21.2 Å². The van der Waals surface area contributed by atoms with Gasteiger partial charge in [-0.05, 0) is 0 Å². The Kier molecular flexibility index (Phi) is 1.68. The van der Waals surface area contributed by atoms with Gasteiger partial charge in [0.2, 0.25) is 0 Å². The van der Waals surface area contributed by atoms with Crippen molar-refractivity contribution in [3.8, 4) is 0 Å². The second kappa shape index (κ2) is 2.53. The zero-order valence-corrected chi connectivity index (χ0v) is 8.13. The Balaban J connectivity index is 2.28. The number of benzene rings is 1. The summed E-state index contributed by atoms with van der Waals surface area (Å²) in [5.41, 5.74) is 2.96. The molecule has 0 spiro atoms. The minimum atomic E-state index is 0.586. The molecule has 1 saturated heterocycles. The van der Waals surface area contributed by atoms with E-state index >= 15 is 0 Å². The number of aryl methyl sites for hydroxylation is 1. The summed E-state index contributed by atoms with van der Waals surface area (Å²) in [4.78, 5) is 0. The maximum absolute atomic E-state index is 2.28. The van der Waals surface area contributed by atoms with E-state index in [1.165, 1.54) is 9.99 Å². The van der Waals surface area contributed by atoms with Gasteiger partial charge in [0.1, 0.15) is 0 Å². The summed E-state index contributed by atoms with van der Waals surface area (Å²) in [6.07, 6.45) is 0. The van der Waals surface area contributed by atoms with Gasteiger partial charge in [0.25, 0.3) is 0 Å². The topological polar surface area (TPSA) is 0 Å². The molecular formula is C9H10I-. The Morgan fingerprint density at radius 1 is 1.30 bits per heavy atom. The second-order valence-corrected chi connectivity index (χ2v) is 5.95. The standard InChI is InChI=1S/C9H10I/c1-7-2-4-8(5-3-7)9-6-10-9/h2-5,9H,6H2,1H3/q-1. The van der Waals surface area contributed by atoms with E-state index < -0.39 is 0 Å². The summed E-state index contributed by atoms with van der Waals surface area (Å²) >= 11 is 0.586. The zero-order chi connectivity index (χ0) is 6.97. The Morgan fingerprint density at radius 3 is 2.40 bits per heavy atom. The fourth-order valence-electron chi connectivity index (χ4n) is 0.998. The van der Waals surface area contributed by atoms with Gasteiger partial charge in [-0.1, -0.05) is 0 Å². The Bertz CT molecular complexity index is 221. The molecule has 0 N–H and O–H groups in total. The van der Waals surface area contributed by atoms with Gasteiger partial charge in [0.15, 0.2) is 0 Å². The molecule has 1 unspecified atom stereocenters. The molecule has 0 saturated carbocycles. The molecule has 0 bridgehead atoms. The summed E-state index contributed by atoms with van der Waals surface area (Å²) in [6, 6.07) is 9.01. The molecule has 1 aliphatic heterocycles. The molecule has 1 aliphatic rings. The molecule has 10 heavy (non-hydrogen) atoms. The van der Waals surface area contributed by atoms with Crippen LogP contribution in [-0.4, -0.2) is 4.43 Å². The number of hydrogen-bond acceptors (Lipinski definition) is 0. The van der Waals surface area contributed by atoms with Crippen LogP contribution in [0.25, 0.3) is 0 Å². The van der Waals surface area contributed by atoms with Gasteiger partial charge in [-0.2, -0.15) is 0 Å². The third kappa shape index (κ3) is 1.34. The van der Waals surface area contributed by atoms with Crippen molar-refractivity contribution in [2.45, 2.75) is 10.8 Å². The molecule has 0 aliphatic carbocycles. The van der Waals surface area contributed by atoms with Crippen molar-refractivity contribution >= 4 is 0 Å². The van der Waals surface area contributed by atoms with Crippen molar-refractivity contribution in [3.63, 3.8) is 0 Å². The van der Waals surface area contributed by atoms with Crippen LogP contribution < -0.4 is 21.2 Å². The van der Waals surface area contributed by atoms with Crippen LogP contribution in [0.1, 0.15) is 15.1 Å². The van der Waals surface area contributed by atoms with Crippen molar-refractivity contribution in [2.24, 2.45) is 0 Å². The van der Waals surface area contributed by atoms with Gasteiger partial charge < -0.3 is 0 Å². The first-order valence-electron chi connectivity index (χ1n) is 3.50. The van der Waals surface area contributed by atoms with Crippen LogP contribution >= 0.6 is 0 Å². The molecule has 1 fully saturated rings. The van der Waals surface area contributed by atoms with Gasteiger partial charge >= 0.3 is 71.9 Å². The molecule has 0 amide bonds. The summed E-state index contributed by atoms with van der Waals surface area (Å²) in [5.74, 6) is 0. The van der Waals surface area contributed by atoms with Crippen molar-refractivity contribution in [1.29, 1.82) is 0 Å². The SMILES string of the molecule is Cc1ccc(C2C[I-]2)cc1. The molecule has 1 heterocycles. The van der Waals surface area contributed by atoms with Crippen LogP contribution in [0.15, 0.2) is 24.3 Å². The normalized spacial score (nSPS) is 23.5. The first-order valence-corrected chi connectivity index (χ1v) is 6.27. The van der Waals surface area contributed by atoms with E-state index in [0.717, 1.165) is 3.92 Å². The molecule has 1 heteroatoms. The second-order valence-electron chi connectivity index (χ2n) is 2.69. The number of hydrogen-bond donors (Lipinski definition) is 0. The Morgan fingerprint density at radius 2 is 1.90 bits per heavy atom. The van der Waals surface area contributed by atoms with Crippen molar-refractivity contribution in [1.82, 2.24) is 0 Å². The summed E-state index contributed by atoms with van der Waals surface area (Å²) in [7, 11) is 0. The monoisotopic (exact) mass is 245 g/mol. The first-order chi connectivity index (χ1) is 4.86. The van der Waals surface area contributed by atoms with Gasteiger partial charge in [0, 0.05) is 0 Å². The third-order valence-corrected chi connectivity index (χ3v) is 4.23. The predicted octanol–water partition coefficient (Wildman–Crippen LogP) is -0.861. The molecule has 0 aromatic heterocycles. The van der Waals surface area contributed by atoms with Gasteiger partial charge in [-0.3, -0.25) is 0 Å². The summed E-state index contributed by atoms with van der Waals surface area (Å²) in [6.45, 7) is 2.14. The van der Waals surface area contributed by atoms with Crippen LogP contribution in [0.2, 0.25) is 0 Å². The zero-order valence-electron chi connectivity index (χ0n) is 5.97. The van der Waals surface area contributed by atoms with Crippen LogP contribution in [-0.2, 0) is 0 Å². The van der Waals surface area contributed by atoms with Crippen LogP contribution in [0.4, 0.5) is 0 Å². The number of halogens is 1. The quantitative estimate of drug-likeness (QED) is 0.446. The van der Waals surface area contributed by atoms with E-state index in [-0.39, 0.29) is 0 Å². The molecule has 1 aromatic rings. The van der Waals surface area contributed by atoms with Crippen LogP contribution in [0.3, 0.4) is 0 Å². The fourth-order valence-corrected chi connectivity index (χ4v) is 2.68. The number of alkyl halides is 2. The van der Waals surface area contributed by atoms with Crippen molar-refractivity contribution < 1.29 is 21.2 Å². The van der Waals surface area contributed by atoms with E-state index in [1.807, 2.05) is 0 Å². The Hall–Kier alpha value is -0.0500. The molecule has 1 aromatic carbocycles. The third-order valence-electron chi connectivity index (χ3n) is 1.75. The number of rotatable bonds is 1. The first kappa shape index (κ1) is 6.65. The predicted molar refractivity (Wildman–Crippen MR) is 38.8 cm³/mol. The van der Waals surface area contributed by atoms with E-state index in [2.05, 4.69) is 31.2 Å². The van der Waals surface area contributed by atoms with Crippen LogP contribution in [0.5, 0.6) is 0 Å². The van der Waals surface area contributed by atoms with Gasteiger partial charge in [-0.25, -0.2) is 0 Å². The van der Waals surface area contributed by atoms with Crippen LogP contribution in [0, 0.1) is 6.92 Å². The van der Waals surface area contributed by atoms with Crippen molar-refractivity contribution in [2.75, 3.05) is 4.43 Å². The average molecular weight is 245 g/mol. The van der Waals surface area contributed by atoms with E-state index in [9.17, 15) is 0 Å². The van der Waals surface area contributed by atoms with E-state index in [1.54, 1.807) is 5.56 Å². The average Bonchev–Trinajstić information content (AvgIpc) is 2.71. The fraction of sp³-hybridized carbons (Fsp3) is 0.333. The maximum atomic E-state index is 2.28. The summed E-state index contributed by atoms with van der Waals surface area (Å²) < 4.78 is 2.53. The molecule has 1 atom stereocenters. The molecule has 2 rings (SSSR count). The molecule has 0 nitrogen and oxygen atoms in total. The van der Waals surface area contributed by atoms with E-state index in [4.69, 9.17) is 0 Å². The van der Waals surface area contributed by atoms with Gasteiger partial charge in [-0.15, -0.1) is 0 Å². The molecule has 54 valence electrons. The molecule has 0 radical (unpaired) electrons.